The molecule has 2 heterocycles. The highest BCUT2D eigenvalue weighted by Crippen LogP contribution is 2.28. The zero-order valence-electron chi connectivity index (χ0n) is 12.3. The Morgan fingerprint density at radius 1 is 1.27 bits per heavy atom. The molecule has 1 fully saturated rings. The molecule has 1 aromatic carbocycles. The van der Waals surface area contributed by atoms with Gasteiger partial charge in [-0.1, -0.05) is 30.3 Å². The quantitative estimate of drug-likeness (QED) is 0.937. The predicted molar refractivity (Wildman–Crippen MR) is 79.9 cm³/mol. The van der Waals surface area contributed by atoms with Crippen LogP contribution in [0.15, 0.2) is 36.5 Å². The van der Waals surface area contributed by atoms with Crippen LogP contribution in [-0.4, -0.2) is 44.8 Å². The molecule has 0 aliphatic carbocycles. The molecule has 6 nitrogen and oxygen atoms in total. The number of aryl methyl sites for hydroxylation is 1. The average molecular weight is 299 g/mol. The van der Waals surface area contributed by atoms with E-state index in [1.165, 1.54) is 16.4 Å². The molecule has 1 aromatic heterocycles. The minimum Gasteiger partial charge on any atom is -0.478 e. The third-order valence-electron chi connectivity index (χ3n) is 4.12. The maximum Gasteiger partial charge on any atom is 0.339 e. The minimum absolute atomic E-state index is 0.0457. The minimum atomic E-state index is -1.13. The van der Waals surface area contributed by atoms with Gasteiger partial charge in [0, 0.05) is 26.1 Å². The van der Waals surface area contributed by atoms with Gasteiger partial charge in [-0.05, 0) is 12.0 Å². The molecule has 3 rings (SSSR count). The van der Waals surface area contributed by atoms with Crippen LogP contribution in [0.3, 0.4) is 0 Å². The van der Waals surface area contributed by atoms with Crippen LogP contribution in [0.5, 0.6) is 0 Å². The summed E-state index contributed by atoms with van der Waals surface area (Å²) in [6.45, 7) is 1.23. The van der Waals surface area contributed by atoms with Gasteiger partial charge in [-0.2, -0.15) is 5.10 Å². The van der Waals surface area contributed by atoms with Crippen molar-refractivity contribution in [2.24, 2.45) is 7.05 Å². The third kappa shape index (κ3) is 2.47. The van der Waals surface area contributed by atoms with Gasteiger partial charge >= 0.3 is 5.97 Å². The van der Waals surface area contributed by atoms with Gasteiger partial charge in [0.1, 0.15) is 11.3 Å². The van der Waals surface area contributed by atoms with Crippen LogP contribution >= 0.6 is 0 Å². The number of benzene rings is 1. The fourth-order valence-corrected chi connectivity index (χ4v) is 2.94. The summed E-state index contributed by atoms with van der Waals surface area (Å²) in [5, 5.41) is 13.1. The predicted octanol–water partition coefficient (Wildman–Crippen LogP) is 1.75. The van der Waals surface area contributed by atoms with Gasteiger partial charge in [0.05, 0.1) is 6.20 Å². The van der Waals surface area contributed by atoms with Crippen molar-refractivity contribution in [2.45, 2.75) is 12.3 Å². The second-order valence-corrected chi connectivity index (χ2v) is 5.48. The fraction of sp³-hybridized carbons (Fsp3) is 0.312. The highest BCUT2D eigenvalue weighted by molar-refractivity contribution is 6.03. The number of carbonyl (C=O) groups excluding carboxylic acids is 1. The monoisotopic (exact) mass is 299 g/mol. The van der Waals surface area contributed by atoms with Crippen LogP contribution in [0.1, 0.15) is 38.7 Å². The second-order valence-electron chi connectivity index (χ2n) is 5.48. The first kappa shape index (κ1) is 14.3. The van der Waals surface area contributed by atoms with Crippen molar-refractivity contribution in [3.05, 3.63) is 53.3 Å². The molecular weight excluding hydrogens is 282 g/mol. The molecule has 1 unspecified atom stereocenters. The number of rotatable bonds is 3. The van der Waals surface area contributed by atoms with Crippen molar-refractivity contribution in [1.82, 2.24) is 14.7 Å². The van der Waals surface area contributed by atoms with Gasteiger partial charge in [0.25, 0.3) is 5.91 Å². The van der Waals surface area contributed by atoms with Crippen molar-refractivity contribution in [3.8, 4) is 0 Å². The lowest BCUT2D eigenvalue weighted by molar-refractivity contribution is 0.0679. The maximum absolute atomic E-state index is 12.6. The van der Waals surface area contributed by atoms with Crippen LogP contribution < -0.4 is 0 Å². The molecule has 1 saturated heterocycles. The number of nitrogens with zero attached hydrogens (tertiary/aromatic N) is 3. The number of hydrogen-bond acceptors (Lipinski definition) is 3. The highest BCUT2D eigenvalue weighted by Gasteiger charge is 2.31. The van der Waals surface area contributed by atoms with Crippen LogP contribution in [0, 0.1) is 0 Å². The number of carboxylic acid groups (broad SMARTS) is 1. The zero-order valence-corrected chi connectivity index (χ0v) is 12.3. The highest BCUT2D eigenvalue weighted by atomic mass is 16.4. The topological polar surface area (TPSA) is 75.4 Å². The number of carboxylic acids is 1. The van der Waals surface area contributed by atoms with Gasteiger partial charge in [-0.15, -0.1) is 0 Å². The third-order valence-corrected chi connectivity index (χ3v) is 4.12. The van der Waals surface area contributed by atoms with E-state index in [4.69, 9.17) is 0 Å². The van der Waals surface area contributed by atoms with E-state index in [0.29, 0.717) is 19.0 Å². The Balaban J connectivity index is 1.80. The van der Waals surface area contributed by atoms with E-state index >= 15 is 0 Å². The summed E-state index contributed by atoms with van der Waals surface area (Å²) in [6.07, 6.45) is 2.11. The summed E-state index contributed by atoms with van der Waals surface area (Å²) in [5.41, 5.74) is 1.30. The lowest BCUT2D eigenvalue weighted by Gasteiger charge is -2.17. The Morgan fingerprint density at radius 2 is 2.00 bits per heavy atom. The van der Waals surface area contributed by atoms with Gasteiger partial charge in [0.2, 0.25) is 0 Å². The second kappa shape index (κ2) is 5.63. The van der Waals surface area contributed by atoms with Gasteiger partial charge < -0.3 is 10.0 Å². The number of carbonyl (C=O) groups is 2. The normalized spacial score (nSPS) is 17.7. The van der Waals surface area contributed by atoms with Crippen LogP contribution in [-0.2, 0) is 7.05 Å². The number of amides is 1. The molecule has 114 valence electrons. The molecule has 6 heteroatoms. The van der Waals surface area contributed by atoms with Crippen molar-refractivity contribution < 1.29 is 14.7 Å². The number of aromatic nitrogens is 2. The molecule has 22 heavy (non-hydrogen) atoms. The fourth-order valence-electron chi connectivity index (χ4n) is 2.94. The summed E-state index contributed by atoms with van der Waals surface area (Å²) in [6, 6.07) is 10.1. The van der Waals surface area contributed by atoms with E-state index in [-0.39, 0.29) is 17.2 Å². The standard InChI is InChI=1S/C16H17N3O3/c1-18-14(13(9-17-18)16(21)22)15(20)19-8-7-12(10-19)11-5-3-2-4-6-11/h2-6,9,12H,7-8,10H2,1H3,(H,21,22). The van der Waals surface area contributed by atoms with E-state index < -0.39 is 5.97 Å². The number of hydrogen-bond donors (Lipinski definition) is 1. The maximum atomic E-state index is 12.6. The Labute approximate surface area is 128 Å². The van der Waals surface area contributed by atoms with E-state index in [2.05, 4.69) is 17.2 Å². The first-order chi connectivity index (χ1) is 10.6. The molecule has 1 amide bonds. The van der Waals surface area contributed by atoms with Crippen LogP contribution in [0.2, 0.25) is 0 Å². The summed E-state index contributed by atoms with van der Waals surface area (Å²) in [4.78, 5) is 25.6. The number of aromatic carboxylic acids is 1. The largest absolute Gasteiger partial charge is 0.478 e. The Bertz CT molecular complexity index is 709. The van der Waals surface area contributed by atoms with E-state index in [1.807, 2.05) is 18.2 Å². The molecule has 1 aliphatic heterocycles. The van der Waals surface area contributed by atoms with E-state index in [1.54, 1.807) is 11.9 Å². The first-order valence-electron chi connectivity index (χ1n) is 7.17. The van der Waals surface area contributed by atoms with Crippen molar-refractivity contribution in [3.63, 3.8) is 0 Å². The van der Waals surface area contributed by atoms with E-state index in [9.17, 15) is 14.7 Å². The molecule has 0 bridgehead atoms. The summed E-state index contributed by atoms with van der Waals surface area (Å²) < 4.78 is 1.33. The Morgan fingerprint density at radius 3 is 2.68 bits per heavy atom. The molecule has 2 aromatic rings. The van der Waals surface area contributed by atoms with E-state index in [0.717, 1.165) is 6.42 Å². The summed E-state index contributed by atoms with van der Waals surface area (Å²) in [7, 11) is 1.59. The van der Waals surface area contributed by atoms with Crippen molar-refractivity contribution in [1.29, 1.82) is 0 Å². The molecule has 0 radical (unpaired) electrons. The molecule has 1 aliphatic rings. The van der Waals surface area contributed by atoms with Gasteiger partial charge in [0.15, 0.2) is 0 Å². The molecule has 1 N–H and O–H groups in total. The van der Waals surface area contributed by atoms with Crippen molar-refractivity contribution >= 4 is 11.9 Å². The molecule has 1 atom stereocenters. The van der Waals surface area contributed by atoms with Gasteiger partial charge in [-0.25, -0.2) is 4.79 Å². The molecule has 0 spiro atoms. The first-order valence-corrected chi connectivity index (χ1v) is 7.17. The van der Waals surface area contributed by atoms with Crippen LogP contribution in [0.25, 0.3) is 0 Å². The lowest BCUT2D eigenvalue weighted by Crippen LogP contribution is -2.31. The Hall–Kier alpha value is -2.63. The molecule has 0 saturated carbocycles. The summed E-state index contributed by atoms with van der Waals surface area (Å²) in [5.74, 6) is -1.10. The average Bonchev–Trinajstić information content (AvgIpc) is 3.14. The summed E-state index contributed by atoms with van der Waals surface area (Å²) >= 11 is 0. The SMILES string of the molecule is Cn1ncc(C(=O)O)c1C(=O)N1CCC(c2ccccc2)C1. The molecular formula is C16H17N3O3. The smallest absolute Gasteiger partial charge is 0.339 e. The number of likely N-dealkylation sites (tertiary alicyclic amines) is 1. The van der Waals surface area contributed by atoms with Crippen LogP contribution in [0.4, 0.5) is 0 Å². The van der Waals surface area contributed by atoms with Crippen molar-refractivity contribution in [2.75, 3.05) is 13.1 Å². The zero-order chi connectivity index (χ0) is 15.7. The van der Waals surface area contributed by atoms with Gasteiger partial charge in [-0.3, -0.25) is 9.48 Å². The lowest BCUT2D eigenvalue weighted by atomic mass is 9.99. The Kier molecular flexibility index (Phi) is 3.66.